The summed E-state index contributed by atoms with van der Waals surface area (Å²) in [5, 5.41) is 9.78. The number of fused-ring (bicyclic) bond motifs is 1. The fourth-order valence-electron chi connectivity index (χ4n) is 2.41. The van der Waals surface area contributed by atoms with Crippen LogP contribution in [-0.2, 0) is 16.1 Å². The van der Waals surface area contributed by atoms with Crippen molar-refractivity contribution in [3.8, 4) is 11.8 Å². The van der Waals surface area contributed by atoms with Crippen LogP contribution >= 0.6 is 0 Å². The van der Waals surface area contributed by atoms with Gasteiger partial charge < -0.3 is 9.47 Å². The molecule has 0 amide bonds. The number of esters is 1. The molecule has 124 valence electrons. The zero-order valence-electron chi connectivity index (χ0n) is 13.7. The molecule has 3 aromatic rings. The second-order valence-corrected chi connectivity index (χ2v) is 5.50. The smallest absolute Gasteiger partial charge is 0.347 e. The maximum atomic E-state index is 12.2. The van der Waals surface area contributed by atoms with Crippen LogP contribution in [-0.4, -0.2) is 17.1 Å². The Morgan fingerprint density at radius 1 is 1.16 bits per heavy atom. The van der Waals surface area contributed by atoms with Crippen LogP contribution in [0, 0.1) is 11.3 Å². The number of ether oxygens (including phenoxy) is 2. The van der Waals surface area contributed by atoms with Crippen molar-refractivity contribution in [2.24, 2.45) is 0 Å². The van der Waals surface area contributed by atoms with Gasteiger partial charge in [0, 0.05) is 17.1 Å². The standard InChI is InChI=1S/C20H16N2O3/c1-14(25-18-9-7-15(12-21)8-10-18)20(23)24-13-17-5-2-4-16-6-3-11-22-19(16)17/h2-11,14H,13H2,1H3. The third kappa shape index (κ3) is 3.93. The molecule has 5 heteroatoms. The maximum absolute atomic E-state index is 12.2. The van der Waals surface area contributed by atoms with E-state index >= 15 is 0 Å². The summed E-state index contributed by atoms with van der Waals surface area (Å²) in [4.78, 5) is 16.5. The molecule has 0 N–H and O–H groups in total. The van der Waals surface area contributed by atoms with Crippen LogP contribution in [0.25, 0.3) is 10.9 Å². The molecule has 0 aliphatic carbocycles. The van der Waals surface area contributed by atoms with Crippen LogP contribution in [0.4, 0.5) is 0 Å². The van der Waals surface area contributed by atoms with E-state index in [0.29, 0.717) is 11.3 Å². The summed E-state index contributed by atoms with van der Waals surface area (Å²) in [6.45, 7) is 1.76. The first-order chi connectivity index (χ1) is 12.2. The largest absolute Gasteiger partial charge is 0.479 e. The van der Waals surface area contributed by atoms with E-state index in [4.69, 9.17) is 14.7 Å². The van der Waals surface area contributed by atoms with E-state index in [1.165, 1.54) is 0 Å². The number of para-hydroxylation sites is 1. The normalized spacial score (nSPS) is 11.5. The topological polar surface area (TPSA) is 72.2 Å². The van der Waals surface area contributed by atoms with Crippen molar-refractivity contribution in [2.75, 3.05) is 0 Å². The first-order valence-electron chi connectivity index (χ1n) is 7.83. The Bertz CT molecular complexity index is 924. The quantitative estimate of drug-likeness (QED) is 0.667. The zero-order valence-corrected chi connectivity index (χ0v) is 13.7. The Morgan fingerprint density at radius 3 is 2.68 bits per heavy atom. The van der Waals surface area contributed by atoms with Gasteiger partial charge in [0.05, 0.1) is 17.1 Å². The van der Waals surface area contributed by atoms with Crippen molar-refractivity contribution >= 4 is 16.9 Å². The summed E-state index contributed by atoms with van der Waals surface area (Å²) in [5.41, 5.74) is 2.20. The third-order valence-corrected chi connectivity index (χ3v) is 3.71. The number of benzene rings is 2. The fraction of sp³-hybridized carbons (Fsp3) is 0.150. The Hall–Kier alpha value is -3.39. The Labute approximate surface area is 145 Å². The minimum absolute atomic E-state index is 0.133. The van der Waals surface area contributed by atoms with E-state index in [0.717, 1.165) is 16.5 Å². The zero-order chi connectivity index (χ0) is 17.6. The van der Waals surface area contributed by atoms with E-state index in [2.05, 4.69) is 4.98 Å². The lowest BCUT2D eigenvalue weighted by Gasteiger charge is -2.14. The SMILES string of the molecule is CC(Oc1ccc(C#N)cc1)C(=O)OCc1cccc2cccnc12. The molecule has 0 aliphatic heterocycles. The average molecular weight is 332 g/mol. The van der Waals surface area contributed by atoms with Gasteiger partial charge in [-0.05, 0) is 37.3 Å². The molecule has 0 spiro atoms. The molecule has 1 aromatic heterocycles. The molecule has 2 aromatic carbocycles. The van der Waals surface area contributed by atoms with E-state index in [9.17, 15) is 4.79 Å². The van der Waals surface area contributed by atoms with Crippen molar-refractivity contribution in [3.63, 3.8) is 0 Å². The minimum atomic E-state index is -0.754. The number of hydrogen-bond donors (Lipinski definition) is 0. The lowest BCUT2D eigenvalue weighted by atomic mass is 10.1. The summed E-state index contributed by atoms with van der Waals surface area (Å²) in [6, 6.07) is 18.2. The highest BCUT2D eigenvalue weighted by Crippen LogP contribution is 2.18. The molecule has 1 atom stereocenters. The van der Waals surface area contributed by atoms with E-state index in [1.807, 2.05) is 36.4 Å². The van der Waals surface area contributed by atoms with Gasteiger partial charge in [-0.3, -0.25) is 4.98 Å². The predicted molar refractivity (Wildman–Crippen MR) is 92.8 cm³/mol. The summed E-state index contributed by atoms with van der Waals surface area (Å²) in [5.74, 6) is 0.0487. The van der Waals surface area contributed by atoms with Crippen molar-refractivity contribution in [1.29, 1.82) is 5.26 Å². The molecule has 5 nitrogen and oxygen atoms in total. The van der Waals surface area contributed by atoms with Gasteiger partial charge in [-0.1, -0.05) is 24.3 Å². The van der Waals surface area contributed by atoms with E-state index < -0.39 is 12.1 Å². The molecule has 0 saturated heterocycles. The lowest BCUT2D eigenvalue weighted by molar-refractivity contribution is -0.152. The molecule has 0 saturated carbocycles. The number of aromatic nitrogens is 1. The number of nitrogens with zero attached hydrogens (tertiary/aromatic N) is 2. The number of rotatable bonds is 5. The molecule has 0 bridgehead atoms. The van der Waals surface area contributed by atoms with Crippen molar-refractivity contribution in [3.05, 3.63) is 71.9 Å². The predicted octanol–water partition coefficient (Wildman–Crippen LogP) is 3.62. The maximum Gasteiger partial charge on any atom is 0.347 e. The summed E-state index contributed by atoms with van der Waals surface area (Å²) < 4.78 is 10.9. The first kappa shape index (κ1) is 16.5. The van der Waals surface area contributed by atoms with Crippen LogP contribution in [0.15, 0.2) is 60.8 Å². The Balaban J connectivity index is 1.62. The second-order valence-electron chi connectivity index (χ2n) is 5.50. The van der Waals surface area contributed by atoms with Gasteiger partial charge in [0.1, 0.15) is 12.4 Å². The van der Waals surface area contributed by atoms with Crippen LogP contribution in [0.2, 0.25) is 0 Å². The Kier molecular flexibility index (Phi) is 4.91. The molecule has 3 rings (SSSR count). The summed E-state index contributed by atoms with van der Waals surface area (Å²) in [6.07, 6.45) is 0.959. The van der Waals surface area contributed by atoms with Gasteiger partial charge in [0.15, 0.2) is 6.10 Å². The van der Waals surface area contributed by atoms with E-state index in [1.54, 1.807) is 37.4 Å². The molecule has 1 unspecified atom stereocenters. The van der Waals surface area contributed by atoms with Crippen molar-refractivity contribution in [2.45, 2.75) is 19.6 Å². The van der Waals surface area contributed by atoms with Gasteiger partial charge in [-0.15, -0.1) is 0 Å². The monoisotopic (exact) mass is 332 g/mol. The Morgan fingerprint density at radius 2 is 1.92 bits per heavy atom. The van der Waals surface area contributed by atoms with Crippen LogP contribution < -0.4 is 4.74 Å². The van der Waals surface area contributed by atoms with Crippen LogP contribution in [0.1, 0.15) is 18.1 Å². The highest BCUT2D eigenvalue weighted by Gasteiger charge is 2.17. The lowest BCUT2D eigenvalue weighted by Crippen LogP contribution is -2.26. The molecule has 0 radical (unpaired) electrons. The number of nitriles is 1. The number of carbonyl (C=O) groups is 1. The molecular formula is C20H16N2O3. The first-order valence-corrected chi connectivity index (χ1v) is 7.83. The van der Waals surface area contributed by atoms with Gasteiger partial charge >= 0.3 is 5.97 Å². The molecule has 0 fully saturated rings. The highest BCUT2D eigenvalue weighted by atomic mass is 16.6. The summed E-state index contributed by atoms with van der Waals surface area (Å²) >= 11 is 0. The molecule has 0 aliphatic rings. The molecule has 1 heterocycles. The second kappa shape index (κ2) is 7.45. The van der Waals surface area contributed by atoms with Crippen molar-refractivity contribution in [1.82, 2.24) is 4.98 Å². The van der Waals surface area contributed by atoms with Crippen molar-refractivity contribution < 1.29 is 14.3 Å². The van der Waals surface area contributed by atoms with Crippen LogP contribution in [0.5, 0.6) is 5.75 Å². The number of pyridine rings is 1. The van der Waals surface area contributed by atoms with Gasteiger partial charge in [0.2, 0.25) is 0 Å². The molecule has 25 heavy (non-hydrogen) atoms. The van der Waals surface area contributed by atoms with E-state index in [-0.39, 0.29) is 6.61 Å². The van der Waals surface area contributed by atoms with Crippen LogP contribution in [0.3, 0.4) is 0 Å². The third-order valence-electron chi connectivity index (χ3n) is 3.71. The summed E-state index contributed by atoms with van der Waals surface area (Å²) in [7, 11) is 0. The average Bonchev–Trinajstić information content (AvgIpc) is 2.66. The highest BCUT2D eigenvalue weighted by molar-refractivity contribution is 5.82. The van der Waals surface area contributed by atoms with Gasteiger partial charge in [0.25, 0.3) is 0 Å². The number of carbonyl (C=O) groups excluding carboxylic acids is 1. The minimum Gasteiger partial charge on any atom is -0.479 e. The van der Waals surface area contributed by atoms with Gasteiger partial charge in [-0.2, -0.15) is 5.26 Å². The van der Waals surface area contributed by atoms with Gasteiger partial charge in [-0.25, -0.2) is 4.79 Å². The fourth-order valence-corrected chi connectivity index (χ4v) is 2.41. The number of hydrogen-bond acceptors (Lipinski definition) is 5. The molecular weight excluding hydrogens is 316 g/mol.